The zero-order chi connectivity index (χ0) is 30.1. The molecule has 0 saturated carbocycles. The molecule has 4 aliphatic heterocycles. The van der Waals surface area contributed by atoms with Gasteiger partial charge in [-0.1, -0.05) is 13.8 Å². The Kier molecular flexibility index (Phi) is 8.94. The largest absolute Gasteiger partial charge is 0.477 e. The van der Waals surface area contributed by atoms with Gasteiger partial charge in [-0.15, -0.1) is 16.9 Å². The summed E-state index contributed by atoms with van der Waals surface area (Å²) in [7, 11) is 0. The summed E-state index contributed by atoms with van der Waals surface area (Å²) in [6.07, 6.45) is 2.34. The van der Waals surface area contributed by atoms with Crippen molar-refractivity contribution in [1.29, 1.82) is 0 Å². The first-order valence-electron chi connectivity index (χ1n) is 14.3. The lowest BCUT2D eigenvalue weighted by atomic mass is 9.73. The van der Waals surface area contributed by atoms with Crippen molar-refractivity contribution in [2.45, 2.75) is 57.0 Å². The highest BCUT2D eigenvalue weighted by atomic mass is 32.2. The normalized spacial score (nSPS) is 28.1. The SMILES string of the molecule is C[C@@H](CC(=O)Cn1cnnn1)[C@H]1C(=O)N2C(C(=O)O)=C(S[C@@H]3CNC(C(=O)N4CCN(C(=O)CCN)CC4)C3)[C@H](C)[C@H]12. The molecular formula is C26H37N9O6S. The van der Waals surface area contributed by atoms with E-state index in [0.29, 0.717) is 57.0 Å². The van der Waals surface area contributed by atoms with Crippen LogP contribution in [-0.2, 0) is 30.5 Å². The Labute approximate surface area is 247 Å². The third-order valence-corrected chi connectivity index (χ3v) is 10.2. The van der Waals surface area contributed by atoms with E-state index in [1.54, 1.807) is 9.80 Å². The van der Waals surface area contributed by atoms with Gasteiger partial charge in [0.15, 0.2) is 5.78 Å². The number of amides is 3. The number of hydrogen-bond donors (Lipinski definition) is 3. The van der Waals surface area contributed by atoms with Crippen molar-refractivity contribution >= 4 is 41.2 Å². The molecule has 1 aromatic rings. The number of tetrazole rings is 1. The second kappa shape index (κ2) is 12.5. The van der Waals surface area contributed by atoms with E-state index in [4.69, 9.17) is 5.73 Å². The number of nitrogens with zero attached hydrogens (tertiary/aromatic N) is 7. The molecule has 1 aromatic heterocycles. The number of carbonyl (C=O) groups is 5. The van der Waals surface area contributed by atoms with Gasteiger partial charge >= 0.3 is 5.97 Å². The number of aliphatic carboxylic acids is 1. The summed E-state index contributed by atoms with van der Waals surface area (Å²) < 4.78 is 1.33. The number of nitrogens with two attached hydrogens (primary N) is 1. The number of β-lactam (4-membered cyclic amide) rings is 1. The lowest BCUT2D eigenvalue weighted by Gasteiger charge is -2.47. The Bertz CT molecular complexity index is 1260. The number of carboxylic acids is 1. The average molecular weight is 604 g/mol. The molecule has 0 radical (unpaired) electrons. The van der Waals surface area contributed by atoms with Gasteiger partial charge in [0, 0.05) is 68.2 Å². The van der Waals surface area contributed by atoms with E-state index in [9.17, 15) is 29.1 Å². The molecule has 15 nitrogen and oxygen atoms in total. The number of Topliss-reactive ketones (excluding diaryl/α,β-unsaturated/α-hetero) is 1. The molecule has 0 bridgehead atoms. The van der Waals surface area contributed by atoms with Crippen LogP contribution in [0, 0.1) is 17.8 Å². The fourth-order valence-corrected chi connectivity index (χ4v) is 8.07. The second-order valence-electron chi connectivity index (χ2n) is 11.4. The number of nitrogens with one attached hydrogen (secondary N) is 1. The Morgan fingerprint density at radius 1 is 1.19 bits per heavy atom. The van der Waals surface area contributed by atoms with Crippen LogP contribution < -0.4 is 11.1 Å². The van der Waals surface area contributed by atoms with Crippen LogP contribution in [0.25, 0.3) is 0 Å². The van der Waals surface area contributed by atoms with Crippen LogP contribution in [0.5, 0.6) is 0 Å². The highest BCUT2D eigenvalue weighted by Crippen LogP contribution is 2.53. The third kappa shape index (κ3) is 5.79. The highest BCUT2D eigenvalue weighted by molar-refractivity contribution is 8.03. The predicted molar refractivity (Wildman–Crippen MR) is 149 cm³/mol. The van der Waals surface area contributed by atoms with Crippen LogP contribution in [0.4, 0.5) is 0 Å². The monoisotopic (exact) mass is 603 g/mol. The number of aromatic nitrogens is 4. The van der Waals surface area contributed by atoms with Crippen molar-refractivity contribution in [2.75, 3.05) is 39.3 Å². The zero-order valence-electron chi connectivity index (χ0n) is 23.7. The summed E-state index contributed by atoms with van der Waals surface area (Å²) in [6.45, 7) is 6.52. The Morgan fingerprint density at radius 3 is 2.55 bits per heavy atom. The smallest absolute Gasteiger partial charge is 0.353 e. The van der Waals surface area contributed by atoms with Gasteiger partial charge < -0.3 is 30.9 Å². The molecule has 16 heteroatoms. The van der Waals surface area contributed by atoms with Gasteiger partial charge in [-0.25, -0.2) is 9.48 Å². The predicted octanol–water partition coefficient (Wildman–Crippen LogP) is -1.48. The molecule has 228 valence electrons. The van der Waals surface area contributed by atoms with Crippen LogP contribution in [-0.4, -0.2) is 126 Å². The summed E-state index contributed by atoms with van der Waals surface area (Å²) in [5.41, 5.74) is 5.50. The summed E-state index contributed by atoms with van der Waals surface area (Å²) in [6, 6.07) is -0.719. The molecule has 4 aliphatic rings. The van der Waals surface area contributed by atoms with Gasteiger partial charge in [0.25, 0.3) is 0 Å². The Hall–Kier alpha value is -3.37. The Morgan fingerprint density at radius 2 is 1.90 bits per heavy atom. The van der Waals surface area contributed by atoms with Gasteiger partial charge in [0.1, 0.15) is 18.6 Å². The van der Waals surface area contributed by atoms with Crippen LogP contribution in [0.3, 0.4) is 0 Å². The lowest BCUT2D eigenvalue weighted by Crippen LogP contribution is -2.62. The van der Waals surface area contributed by atoms with Crippen LogP contribution in [0.2, 0.25) is 0 Å². The summed E-state index contributed by atoms with van der Waals surface area (Å²) in [4.78, 5) is 69.0. The number of carbonyl (C=O) groups excluding carboxylic acids is 4. The minimum absolute atomic E-state index is 0.00370. The second-order valence-corrected chi connectivity index (χ2v) is 12.8. The van der Waals surface area contributed by atoms with E-state index in [0.717, 1.165) is 0 Å². The van der Waals surface area contributed by atoms with Gasteiger partial charge in [-0.05, 0) is 22.8 Å². The first-order valence-corrected chi connectivity index (χ1v) is 15.2. The van der Waals surface area contributed by atoms with Crippen LogP contribution >= 0.6 is 11.8 Å². The lowest BCUT2D eigenvalue weighted by molar-refractivity contribution is -0.160. The number of rotatable bonds is 11. The molecule has 0 aromatic carbocycles. The van der Waals surface area contributed by atoms with E-state index in [-0.39, 0.29) is 65.3 Å². The van der Waals surface area contributed by atoms with Gasteiger partial charge in [-0.2, -0.15) is 0 Å². The van der Waals surface area contributed by atoms with Crippen molar-refractivity contribution in [2.24, 2.45) is 23.5 Å². The molecule has 3 amide bonds. The molecule has 3 saturated heterocycles. The molecule has 3 fully saturated rings. The van der Waals surface area contributed by atoms with Crippen LogP contribution in [0.15, 0.2) is 16.9 Å². The molecule has 0 spiro atoms. The van der Waals surface area contributed by atoms with E-state index >= 15 is 0 Å². The van der Waals surface area contributed by atoms with Crippen molar-refractivity contribution in [3.05, 3.63) is 16.9 Å². The molecule has 1 unspecified atom stereocenters. The fraction of sp³-hybridized carbons (Fsp3) is 0.692. The quantitative estimate of drug-likeness (QED) is 0.249. The van der Waals surface area contributed by atoms with Crippen molar-refractivity contribution in [3.63, 3.8) is 0 Å². The molecule has 5 rings (SSSR count). The fourth-order valence-electron chi connectivity index (χ4n) is 6.59. The first kappa shape index (κ1) is 30.1. The van der Waals surface area contributed by atoms with Gasteiger partial charge in [-0.3, -0.25) is 19.2 Å². The number of piperazine rings is 1. The first-order chi connectivity index (χ1) is 20.1. The maximum Gasteiger partial charge on any atom is 0.353 e. The maximum absolute atomic E-state index is 13.2. The maximum atomic E-state index is 13.2. The van der Waals surface area contributed by atoms with Crippen molar-refractivity contribution in [3.8, 4) is 0 Å². The summed E-state index contributed by atoms with van der Waals surface area (Å²) >= 11 is 1.43. The molecule has 5 heterocycles. The minimum Gasteiger partial charge on any atom is -0.477 e. The molecule has 0 aliphatic carbocycles. The van der Waals surface area contributed by atoms with E-state index in [1.165, 1.54) is 27.7 Å². The minimum atomic E-state index is -1.15. The van der Waals surface area contributed by atoms with E-state index < -0.39 is 17.9 Å². The number of hydrogen-bond acceptors (Lipinski definition) is 11. The topological polar surface area (TPSA) is 197 Å². The van der Waals surface area contributed by atoms with Gasteiger partial charge in [0.2, 0.25) is 17.7 Å². The summed E-state index contributed by atoms with van der Waals surface area (Å²) in [5, 5.41) is 24.1. The zero-order valence-corrected chi connectivity index (χ0v) is 24.5. The molecule has 4 N–H and O–H groups in total. The van der Waals surface area contributed by atoms with Gasteiger partial charge in [0.05, 0.1) is 18.0 Å². The standard InChI is InChI=1S/C26H37N9O6S/c1-14(9-16(36)12-34-13-29-30-31-34)20-21-15(2)23(22(26(40)41)35(21)25(20)39)42-17-10-18(28-11-17)24(38)33-7-5-32(6-8-33)19(37)3-4-27/h13-15,17-18,20-21,28H,3-12,27H2,1-2H3,(H,40,41)/t14-,15+,17-,18?,20+,21+/m0/s1. The third-order valence-electron chi connectivity index (χ3n) is 8.67. The molecule has 6 atom stereocenters. The average Bonchev–Trinajstić information content (AvgIpc) is 3.69. The number of carboxylic acid groups (broad SMARTS) is 1. The Balaban J connectivity index is 1.18. The number of ketones is 1. The van der Waals surface area contributed by atoms with Crippen LogP contribution in [0.1, 0.15) is 33.1 Å². The molecular weight excluding hydrogens is 566 g/mol. The van der Waals surface area contributed by atoms with Crippen molar-refractivity contribution in [1.82, 2.24) is 40.2 Å². The molecule has 42 heavy (non-hydrogen) atoms. The number of thioether (sulfide) groups is 1. The van der Waals surface area contributed by atoms with E-state index in [1.807, 2.05) is 13.8 Å². The highest BCUT2D eigenvalue weighted by Gasteiger charge is 2.60. The van der Waals surface area contributed by atoms with E-state index in [2.05, 4.69) is 20.8 Å². The van der Waals surface area contributed by atoms with Crippen molar-refractivity contribution < 1.29 is 29.1 Å². The summed E-state index contributed by atoms with van der Waals surface area (Å²) in [5.74, 6) is -2.49. The number of fused-ring (bicyclic) bond motifs is 1.